The Morgan fingerprint density at radius 3 is 1.80 bits per heavy atom. The van der Waals surface area contributed by atoms with Gasteiger partial charge in [0.2, 0.25) is 12.2 Å². The fourth-order valence-electron chi connectivity index (χ4n) is 0.774. The van der Waals surface area contributed by atoms with Crippen molar-refractivity contribution in [1.29, 1.82) is 10.8 Å². The van der Waals surface area contributed by atoms with Crippen molar-refractivity contribution in [3.63, 3.8) is 0 Å². The molecule has 4 N–H and O–H groups in total. The lowest BCUT2D eigenvalue weighted by Crippen LogP contribution is -1.90. The molecule has 0 bridgehead atoms. The van der Waals surface area contributed by atoms with Crippen molar-refractivity contribution in [1.82, 2.24) is 0 Å². The highest BCUT2D eigenvalue weighted by Gasteiger charge is 1.92. The molecular formula is C10H13N3O2. The molecule has 15 heavy (non-hydrogen) atoms. The molecule has 1 rings (SSSR count). The van der Waals surface area contributed by atoms with Crippen LogP contribution in [-0.4, -0.2) is 12.2 Å². The standard InChI is InChI=1S/C8H11N.2CHNO/c1-6-4-3-5-8(9)7(6)2;2*2-1-3/h3-5H,9H2,1-2H3;2*2H. The van der Waals surface area contributed by atoms with Gasteiger partial charge in [-0.2, -0.15) is 0 Å². The van der Waals surface area contributed by atoms with E-state index >= 15 is 0 Å². The molecule has 0 unspecified atom stereocenters. The molecule has 0 aliphatic rings. The smallest absolute Gasteiger partial charge is 0.231 e. The van der Waals surface area contributed by atoms with Crippen molar-refractivity contribution in [3.05, 3.63) is 29.3 Å². The molecule has 0 fully saturated rings. The van der Waals surface area contributed by atoms with Gasteiger partial charge in [0.1, 0.15) is 0 Å². The predicted octanol–water partition coefficient (Wildman–Crippen LogP) is 1.69. The van der Waals surface area contributed by atoms with Crippen LogP contribution in [0.4, 0.5) is 5.69 Å². The van der Waals surface area contributed by atoms with Gasteiger partial charge >= 0.3 is 0 Å². The second-order valence-electron chi connectivity index (χ2n) is 2.49. The maximum Gasteiger partial charge on any atom is 0.231 e. The molecular weight excluding hydrogens is 194 g/mol. The molecule has 5 nitrogen and oxygen atoms in total. The van der Waals surface area contributed by atoms with E-state index in [9.17, 15) is 0 Å². The summed E-state index contributed by atoms with van der Waals surface area (Å²) in [5.74, 6) is 0. The molecule has 0 aromatic heterocycles. The summed E-state index contributed by atoms with van der Waals surface area (Å²) >= 11 is 0. The second-order valence-corrected chi connectivity index (χ2v) is 2.49. The number of carbonyl (C=O) groups excluding carboxylic acids is 2. The minimum absolute atomic E-state index is 0.750. The topological polar surface area (TPSA) is 108 Å². The van der Waals surface area contributed by atoms with Crippen LogP contribution in [0.3, 0.4) is 0 Å². The van der Waals surface area contributed by atoms with Crippen molar-refractivity contribution in [2.75, 3.05) is 5.73 Å². The Balaban J connectivity index is 0. The molecule has 0 saturated carbocycles. The van der Waals surface area contributed by atoms with Gasteiger partial charge in [0, 0.05) is 5.69 Å². The van der Waals surface area contributed by atoms with Crippen LogP contribution in [0, 0.1) is 24.7 Å². The van der Waals surface area contributed by atoms with Crippen LogP contribution in [0.15, 0.2) is 18.2 Å². The lowest BCUT2D eigenvalue weighted by molar-refractivity contribution is 0.562. The van der Waals surface area contributed by atoms with E-state index < -0.39 is 0 Å². The third kappa shape index (κ3) is 8.12. The first-order chi connectivity index (χ1) is 7.04. The Bertz CT molecular complexity index is 331. The lowest BCUT2D eigenvalue weighted by atomic mass is 10.1. The Morgan fingerprint density at radius 2 is 1.53 bits per heavy atom. The number of aryl methyl sites for hydroxylation is 1. The summed E-state index contributed by atoms with van der Waals surface area (Å²) in [6.07, 6.45) is 1.50. The molecule has 0 atom stereocenters. The normalized spacial score (nSPS) is 6.80. The van der Waals surface area contributed by atoms with E-state index in [1.165, 1.54) is 11.1 Å². The van der Waals surface area contributed by atoms with Crippen LogP contribution in [0.2, 0.25) is 0 Å². The van der Waals surface area contributed by atoms with Crippen molar-refractivity contribution in [2.24, 2.45) is 0 Å². The fourth-order valence-corrected chi connectivity index (χ4v) is 0.774. The zero-order chi connectivity index (χ0) is 12.3. The monoisotopic (exact) mass is 207 g/mol. The number of hydrogen-bond acceptors (Lipinski definition) is 5. The van der Waals surface area contributed by atoms with Crippen molar-refractivity contribution in [2.45, 2.75) is 13.8 Å². The summed E-state index contributed by atoms with van der Waals surface area (Å²) in [6, 6.07) is 5.95. The SMILES string of the molecule is Cc1cccc(N)c1C.N=C=O.N=C=O. The fraction of sp³-hybridized carbons (Fsp3) is 0.200. The second kappa shape index (κ2) is 9.86. The molecule has 0 heterocycles. The highest BCUT2D eigenvalue weighted by molar-refractivity contribution is 5.49. The van der Waals surface area contributed by atoms with E-state index in [4.69, 9.17) is 26.1 Å². The summed E-state index contributed by atoms with van der Waals surface area (Å²) < 4.78 is 0. The zero-order valence-electron chi connectivity index (χ0n) is 8.63. The van der Waals surface area contributed by atoms with Gasteiger partial charge in [0.05, 0.1) is 0 Å². The number of nitrogens with two attached hydrogens (primary N) is 1. The number of anilines is 1. The zero-order valence-corrected chi connectivity index (χ0v) is 8.63. The van der Waals surface area contributed by atoms with E-state index in [-0.39, 0.29) is 0 Å². The number of nitrogen functional groups attached to an aromatic ring is 1. The van der Waals surface area contributed by atoms with Gasteiger partial charge in [-0.05, 0) is 31.0 Å². The van der Waals surface area contributed by atoms with Gasteiger partial charge in [-0.15, -0.1) is 0 Å². The van der Waals surface area contributed by atoms with E-state index in [0.717, 1.165) is 17.8 Å². The van der Waals surface area contributed by atoms with E-state index in [0.29, 0.717) is 0 Å². The highest BCUT2D eigenvalue weighted by Crippen LogP contribution is 2.13. The third-order valence-corrected chi connectivity index (χ3v) is 1.65. The van der Waals surface area contributed by atoms with Crippen LogP contribution in [0.5, 0.6) is 0 Å². The Labute approximate surface area is 87.9 Å². The third-order valence-electron chi connectivity index (χ3n) is 1.65. The Kier molecular flexibility index (Phi) is 10.0. The van der Waals surface area contributed by atoms with Gasteiger partial charge in [-0.1, -0.05) is 12.1 Å². The van der Waals surface area contributed by atoms with E-state index in [2.05, 4.69) is 13.0 Å². The molecule has 1 aromatic rings. The molecule has 5 heteroatoms. The van der Waals surface area contributed by atoms with Crippen molar-refractivity contribution >= 4 is 17.8 Å². The van der Waals surface area contributed by atoms with Gasteiger partial charge in [-0.25, -0.2) is 20.4 Å². The molecule has 0 saturated heterocycles. The van der Waals surface area contributed by atoms with E-state index in [1.54, 1.807) is 0 Å². The van der Waals surface area contributed by atoms with E-state index in [1.807, 2.05) is 19.1 Å². The van der Waals surface area contributed by atoms with Gasteiger partial charge < -0.3 is 5.73 Å². The Hall–Kier alpha value is -2.22. The minimum Gasteiger partial charge on any atom is -0.399 e. The highest BCUT2D eigenvalue weighted by atomic mass is 16.1. The maximum absolute atomic E-state index is 8.35. The average molecular weight is 207 g/mol. The molecule has 0 aliphatic heterocycles. The first-order valence-corrected chi connectivity index (χ1v) is 3.94. The molecule has 0 amide bonds. The first kappa shape index (κ1) is 15.3. The molecule has 0 spiro atoms. The molecule has 0 aliphatic carbocycles. The Morgan fingerprint density at radius 1 is 1.13 bits per heavy atom. The summed E-state index contributed by atoms with van der Waals surface area (Å²) in [5.41, 5.74) is 8.96. The lowest BCUT2D eigenvalue weighted by Gasteiger charge is -2.00. The average Bonchev–Trinajstić information content (AvgIpc) is 2.17. The summed E-state index contributed by atoms with van der Waals surface area (Å²) in [6.45, 7) is 4.09. The van der Waals surface area contributed by atoms with Gasteiger partial charge in [0.25, 0.3) is 0 Å². The summed E-state index contributed by atoms with van der Waals surface area (Å²) in [5, 5.41) is 10.8. The number of rotatable bonds is 0. The number of hydrogen-bond donors (Lipinski definition) is 3. The predicted molar refractivity (Wildman–Crippen MR) is 57.2 cm³/mol. The quantitative estimate of drug-likeness (QED) is 0.342. The van der Waals surface area contributed by atoms with Crippen LogP contribution in [0.25, 0.3) is 0 Å². The number of isocyanates is 2. The minimum atomic E-state index is 0.750. The molecule has 80 valence electrons. The maximum atomic E-state index is 8.35. The van der Waals surface area contributed by atoms with Crippen LogP contribution in [0.1, 0.15) is 11.1 Å². The van der Waals surface area contributed by atoms with Gasteiger partial charge in [0.15, 0.2) is 0 Å². The van der Waals surface area contributed by atoms with Crippen LogP contribution < -0.4 is 5.73 Å². The number of benzene rings is 1. The molecule has 0 radical (unpaired) electrons. The largest absolute Gasteiger partial charge is 0.399 e. The van der Waals surface area contributed by atoms with Crippen molar-refractivity contribution < 1.29 is 9.59 Å². The van der Waals surface area contributed by atoms with Crippen LogP contribution >= 0.6 is 0 Å². The summed E-state index contributed by atoms with van der Waals surface area (Å²) in [4.78, 5) is 16.7. The first-order valence-electron chi connectivity index (χ1n) is 3.94. The summed E-state index contributed by atoms with van der Waals surface area (Å²) in [7, 11) is 0. The van der Waals surface area contributed by atoms with Crippen LogP contribution in [-0.2, 0) is 9.59 Å². The molecule has 1 aromatic carbocycles. The van der Waals surface area contributed by atoms with Gasteiger partial charge in [-0.3, -0.25) is 0 Å². The number of nitrogens with one attached hydrogen (secondary N) is 2. The van der Waals surface area contributed by atoms with Crippen molar-refractivity contribution in [3.8, 4) is 0 Å².